The van der Waals surface area contributed by atoms with Crippen molar-refractivity contribution in [1.82, 2.24) is 0 Å². The first-order chi connectivity index (χ1) is 26.7. The zero-order valence-corrected chi connectivity index (χ0v) is 35.6. The van der Waals surface area contributed by atoms with E-state index < -0.39 is 0 Å². The molecule has 2 bridgehead atoms. The topological polar surface area (TPSA) is 12.0 Å². The SMILES string of the molecule is CC.CC.CC.CC.CNc1ccc(/C=C/C2=CC3CC3S2)cc1/C=C\Cc1ccc(-c2ccc3c4c5/c(c6cccc2c36)=C\C/C=C\C(=CC=C4)C5)s1. The van der Waals surface area contributed by atoms with Crippen LogP contribution in [0.15, 0.2) is 114 Å². The van der Waals surface area contributed by atoms with Crippen molar-refractivity contribution in [1.29, 1.82) is 0 Å². The lowest BCUT2D eigenvalue weighted by atomic mass is 9.86. The quantitative estimate of drug-likeness (QED) is 0.178. The summed E-state index contributed by atoms with van der Waals surface area (Å²) < 4.78 is 0. The molecule has 4 aromatic carbocycles. The molecule has 1 nitrogen and oxygen atoms in total. The Hall–Kier alpha value is -4.31. The van der Waals surface area contributed by atoms with E-state index >= 15 is 0 Å². The fourth-order valence-electron chi connectivity index (χ4n) is 7.39. The van der Waals surface area contributed by atoms with Crippen LogP contribution < -0.4 is 10.5 Å². The largest absolute Gasteiger partial charge is 0.388 e. The van der Waals surface area contributed by atoms with Crippen LogP contribution >= 0.6 is 23.1 Å². The molecule has 0 saturated heterocycles. The molecule has 4 aliphatic rings. The molecule has 1 aliphatic heterocycles. The number of thiophene rings is 1. The highest BCUT2D eigenvalue weighted by molar-refractivity contribution is 8.04. The number of hydrogen-bond acceptors (Lipinski definition) is 3. The summed E-state index contributed by atoms with van der Waals surface area (Å²) in [6, 6.07) is 22.9. The van der Waals surface area contributed by atoms with Gasteiger partial charge in [-0.05, 0) is 116 Å². The molecule has 2 unspecified atom stereocenters. The lowest BCUT2D eigenvalue weighted by molar-refractivity contribution is 1.14. The molecule has 2 atom stereocenters. The lowest BCUT2D eigenvalue weighted by Gasteiger charge is -2.18. The van der Waals surface area contributed by atoms with Gasteiger partial charge in [0.25, 0.3) is 0 Å². The van der Waals surface area contributed by atoms with E-state index in [0.717, 1.165) is 36.1 Å². The number of benzene rings is 4. The molecule has 0 amide bonds. The number of hydrogen-bond donors (Lipinski definition) is 1. The maximum absolute atomic E-state index is 3.37. The van der Waals surface area contributed by atoms with Crippen LogP contribution in [0, 0.1) is 5.92 Å². The van der Waals surface area contributed by atoms with Crippen LogP contribution in [0.1, 0.15) is 95.4 Å². The maximum atomic E-state index is 3.37. The Morgan fingerprint density at radius 2 is 1.63 bits per heavy atom. The van der Waals surface area contributed by atoms with Gasteiger partial charge in [0.1, 0.15) is 0 Å². The van der Waals surface area contributed by atoms with Gasteiger partial charge in [0, 0.05) is 39.1 Å². The van der Waals surface area contributed by atoms with Gasteiger partial charge in [0.15, 0.2) is 0 Å². The fourth-order valence-corrected chi connectivity index (χ4v) is 9.73. The van der Waals surface area contributed by atoms with Crippen LogP contribution in [0.2, 0.25) is 0 Å². The Morgan fingerprint density at radius 1 is 0.815 bits per heavy atom. The Labute approximate surface area is 334 Å². The highest BCUT2D eigenvalue weighted by Gasteiger charge is 2.41. The number of fused-ring (bicyclic) bond motifs is 4. The zero-order chi connectivity index (χ0) is 38.6. The van der Waals surface area contributed by atoms with Crippen LogP contribution in [0.25, 0.3) is 56.3 Å². The molecule has 5 aromatic rings. The van der Waals surface area contributed by atoms with Gasteiger partial charge in [-0.15, -0.1) is 23.1 Å². The van der Waals surface area contributed by atoms with Crippen LogP contribution in [-0.4, -0.2) is 12.3 Å². The molecular weight excluding hydrogens is 691 g/mol. The Kier molecular flexibility index (Phi) is 15.0. The first kappa shape index (κ1) is 40.9. The third-order valence-electron chi connectivity index (χ3n) is 9.79. The van der Waals surface area contributed by atoms with Gasteiger partial charge in [-0.1, -0.05) is 153 Å². The van der Waals surface area contributed by atoms with Crippen molar-refractivity contribution in [2.75, 3.05) is 12.4 Å². The molecule has 1 aromatic heterocycles. The fraction of sp³-hybridized carbons (Fsp3) is 0.294. The Bertz CT molecular complexity index is 2290. The average Bonchev–Trinajstić information content (AvgIpc) is 3.67. The monoisotopic (exact) mass is 749 g/mol. The molecule has 0 radical (unpaired) electrons. The van der Waals surface area contributed by atoms with Gasteiger partial charge in [-0.25, -0.2) is 0 Å². The van der Waals surface area contributed by atoms with E-state index in [2.05, 4.69) is 133 Å². The van der Waals surface area contributed by atoms with E-state index in [1.165, 1.54) is 81.2 Å². The Morgan fingerprint density at radius 3 is 2.41 bits per heavy atom. The van der Waals surface area contributed by atoms with Gasteiger partial charge < -0.3 is 5.32 Å². The highest BCUT2D eigenvalue weighted by atomic mass is 32.2. The van der Waals surface area contributed by atoms with Crippen molar-refractivity contribution in [3.8, 4) is 10.4 Å². The first-order valence-electron chi connectivity index (χ1n) is 20.4. The number of nitrogens with one attached hydrogen (secondary N) is 1. The minimum atomic E-state index is 0.830. The molecule has 9 rings (SSSR count). The molecule has 1 N–H and O–H groups in total. The van der Waals surface area contributed by atoms with Crippen LogP contribution in [-0.2, 0) is 12.8 Å². The van der Waals surface area contributed by atoms with Gasteiger partial charge >= 0.3 is 0 Å². The molecular formula is C51H59NS2. The summed E-state index contributed by atoms with van der Waals surface area (Å²) in [5.41, 5.74) is 9.19. The van der Waals surface area contributed by atoms with E-state index in [9.17, 15) is 0 Å². The lowest BCUT2D eigenvalue weighted by Crippen LogP contribution is -2.15. The summed E-state index contributed by atoms with van der Waals surface area (Å²) in [6.07, 6.45) is 29.7. The maximum Gasteiger partial charge on any atom is 0.0411 e. The van der Waals surface area contributed by atoms with Crippen LogP contribution in [0.4, 0.5) is 5.69 Å². The van der Waals surface area contributed by atoms with E-state index in [4.69, 9.17) is 0 Å². The standard InChI is InChI=1S/C43H35NS2.4C2H6/c1-44-40-21-16-28(15-17-32-25-30-26-42(30)46-32)23-29(40)9-5-10-31-18-22-41(45-31)35-19-20-38-34-12-4-8-27-7-2-3-11-33(39(34)24-27)36-13-6-14-37(35)43(36)38;4*1-2/h2,4-9,11-23,25,30,42,44H,3,10,24,26H2,1H3;4*1-2H3/b7-2-,9-5-,17-15+,33-11-;;;;. The smallest absolute Gasteiger partial charge is 0.0411 e. The molecule has 0 spiro atoms. The van der Waals surface area contributed by atoms with Gasteiger partial charge in [-0.3, -0.25) is 0 Å². The summed E-state index contributed by atoms with van der Waals surface area (Å²) in [5.74, 6) is 0.830. The van der Waals surface area contributed by atoms with E-state index in [1.54, 1.807) is 0 Å². The predicted molar refractivity (Wildman–Crippen MR) is 250 cm³/mol. The molecule has 54 heavy (non-hydrogen) atoms. The number of rotatable bonds is 7. The summed E-state index contributed by atoms with van der Waals surface area (Å²) in [5, 5.41) is 11.1. The molecule has 1 saturated carbocycles. The van der Waals surface area contributed by atoms with Gasteiger partial charge in [0.05, 0.1) is 0 Å². The summed E-state index contributed by atoms with van der Waals surface area (Å²) in [6.45, 7) is 16.0. The predicted octanol–water partition coefficient (Wildman–Crippen LogP) is 15.1. The highest BCUT2D eigenvalue weighted by Crippen LogP contribution is 2.53. The third kappa shape index (κ3) is 8.80. The second-order valence-electron chi connectivity index (χ2n) is 12.7. The first-order valence-corrected chi connectivity index (χ1v) is 22.1. The normalized spacial score (nSPS) is 18.4. The van der Waals surface area contributed by atoms with Crippen molar-refractivity contribution in [2.24, 2.45) is 5.92 Å². The van der Waals surface area contributed by atoms with Gasteiger partial charge in [-0.2, -0.15) is 0 Å². The average molecular weight is 750 g/mol. The number of allylic oxidation sites excluding steroid dienone is 8. The zero-order valence-electron chi connectivity index (χ0n) is 33.9. The van der Waals surface area contributed by atoms with E-state index in [-0.39, 0.29) is 0 Å². The Balaban J connectivity index is 0.000000660. The number of anilines is 1. The van der Waals surface area contributed by atoms with Gasteiger partial charge in [0.2, 0.25) is 0 Å². The summed E-state index contributed by atoms with van der Waals surface area (Å²) >= 11 is 3.95. The molecule has 3 heteroatoms. The van der Waals surface area contributed by atoms with E-state index in [0.29, 0.717) is 0 Å². The third-order valence-corrected chi connectivity index (χ3v) is 12.3. The summed E-state index contributed by atoms with van der Waals surface area (Å²) in [4.78, 5) is 4.14. The summed E-state index contributed by atoms with van der Waals surface area (Å²) in [7, 11) is 2.00. The molecule has 3 aliphatic carbocycles. The molecule has 2 heterocycles. The van der Waals surface area contributed by atoms with Crippen molar-refractivity contribution in [3.63, 3.8) is 0 Å². The second-order valence-corrected chi connectivity index (χ2v) is 15.2. The second kappa shape index (κ2) is 19.9. The number of thioether (sulfide) groups is 1. The minimum Gasteiger partial charge on any atom is -0.388 e. The van der Waals surface area contributed by atoms with Crippen LogP contribution in [0.3, 0.4) is 0 Å². The van der Waals surface area contributed by atoms with Crippen LogP contribution in [0.5, 0.6) is 0 Å². The molecule has 280 valence electrons. The van der Waals surface area contributed by atoms with Crippen molar-refractivity contribution < 1.29 is 0 Å². The molecule has 1 fully saturated rings. The van der Waals surface area contributed by atoms with Crippen molar-refractivity contribution in [3.05, 3.63) is 146 Å². The van der Waals surface area contributed by atoms with Crippen molar-refractivity contribution in [2.45, 2.75) is 86.3 Å². The van der Waals surface area contributed by atoms with E-state index in [1.807, 2.05) is 85.5 Å². The minimum absolute atomic E-state index is 0.830. The van der Waals surface area contributed by atoms with Crippen molar-refractivity contribution >= 4 is 74.6 Å².